The van der Waals surface area contributed by atoms with E-state index in [1.54, 1.807) is 23.1 Å². The zero-order valence-electron chi connectivity index (χ0n) is 12.1. The Balaban J connectivity index is 2.45. The van der Waals surface area contributed by atoms with E-state index in [4.69, 9.17) is 23.2 Å². The Morgan fingerprint density at radius 3 is 2.29 bits per heavy atom. The van der Waals surface area contributed by atoms with Gasteiger partial charge in [0.05, 0.1) is 15.6 Å². The van der Waals surface area contributed by atoms with Crippen LogP contribution in [-0.4, -0.2) is 12.5 Å². The maximum Gasteiger partial charge on any atom is 0.261 e. The number of anilines is 1. The van der Waals surface area contributed by atoms with Crippen LogP contribution < -0.4 is 4.90 Å². The standard InChI is InChI=1S/C17H17Cl2NO/c1-3-10-20(13-7-4-6-12(2)11-13)17(21)16-14(18)8-5-9-15(16)19/h4-9,11H,3,10H2,1-2H3. The van der Waals surface area contributed by atoms with Crippen molar-refractivity contribution in [1.29, 1.82) is 0 Å². The Bertz CT molecular complexity index is 635. The largest absolute Gasteiger partial charge is 0.308 e. The van der Waals surface area contributed by atoms with Crippen molar-refractivity contribution >= 4 is 34.8 Å². The fourth-order valence-corrected chi connectivity index (χ4v) is 2.76. The number of hydrogen-bond donors (Lipinski definition) is 0. The van der Waals surface area contributed by atoms with Gasteiger partial charge in [0, 0.05) is 12.2 Å². The van der Waals surface area contributed by atoms with Crippen LogP contribution in [0.4, 0.5) is 5.69 Å². The summed E-state index contributed by atoms with van der Waals surface area (Å²) >= 11 is 12.3. The molecule has 0 spiro atoms. The average Bonchev–Trinajstić information content (AvgIpc) is 2.44. The van der Waals surface area contributed by atoms with Crippen LogP contribution in [0.3, 0.4) is 0 Å². The summed E-state index contributed by atoms with van der Waals surface area (Å²) < 4.78 is 0. The monoisotopic (exact) mass is 321 g/mol. The molecular weight excluding hydrogens is 305 g/mol. The second-order valence-corrected chi connectivity index (χ2v) is 5.71. The molecule has 1 amide bonds. The minimum absolute atomic E-state index is 0.168. The van der Waals surface area contributed by atoms with Crippen LogP contribution in [0, 0.1) is 6.92 Å². The molecule has 0 heterocycles. The molecule has 21 heavy (non-hydrogen) atoms. The predicted octanol–water partition coefficient (Wildman–Crippen LogP) is 5.36. The number of rotatable bonds is 4. The third-order valence-electron chi connectivity index (χ3n) is 3.18. The van der Waals surface area contributed by atoms with Gasteiger partial charge < -0.3 is 4.90 Å². The fourth-order valence-electron chi connectivity index (χ4n) is 2.20. The highest BCUT2D eigenvalue weighted by atomic mass is 35.5. The third kappa shape index (κ3) is 3.58. The van der Waals surface area contributed by atoms with Crippen LogP contribution in [0.2, 0.25) is 10.0 Å². The average molecular weight is 322 g/mol. The lowest BCUT2D eigenvalue weighted by Crippen LogP contribution is -2.32. The summed E-state index contributed by atoms with van der Waals surface area (Å²) in [7, 11) is 0. The van der Waals surface area contributed by atoms with Crippen molar-refractivity contribution in [3.05, 3.63) is 63.6 Å². The first kappa shape index (κ1) is 15.9. The van der Waals surface area contributed by atoms with Crippen molar-refractivity contribution in [2.24, 2.45) is 0 Å². The summed E-state index contributed by atoms with van der Waals surface area (Å²) in [6, 6.07) is 12.9. The number of aryl methyl sites for hydroxylation is 1. The summed E-state index contributed by atoms with van der Waals surface area (Å²) in [6.07, 6.45) is 0.849. The van der Waals surface area contributed by atoms with Gasteiger partial charge >= 0.3 is 0 Å². The molecule has 2 nitrogen and oxygen atoms in total. The number of carbonyl (C=O) groups is 1. The van der Waals surface area contributed by atoms with Crippen molar-refractivity contribution in [3.63, 3.8) is 0 Å². The molecule has 0 atom stereocenters. The van der Waals surface area contributed by atoms with E-state index in [0.717, 1.165) is 17.7 Å². The summed E-state index contributed by atoms with van der Waals surface area (Å²) in [4.78, 5) is 14.6. The van der Waals surface area contributed by atoms with Gasteiger partial charge in [-0.3, -0.25) is 4.79 Å². The SMILES string of the molecule is CCCN(C(=O)c1c(Cl)cccc1Cl)c1cccc(C)c1. The third-order valence-corrected chi connectivity index (χ3v) is 3.81. The molecule has 4 heteroatoms. The van der Waals surface area contributed by atoms with Gasteiger partial charge in [0.15, 0.2) is 0 Å². The van der Waals surface area contributed by atoms with Crippen LogP contribution >= 0.6 is 23.2 Å². The van der Waals surface area contributed by atoms with E-state index in [0.29, 0.717) is 22.2 Å². The van der Waals surface area contributed by atoms with E-state index in [2.05, 4.69) is 0 Å². The smallest absolute Gasteiger partial charge is 0.261 e. The molecule has 110 valence electrons. The normalized spacial score (nSPS) is 10.5. The zero-order chi connectivity index (χ0) is 15.4. The van der Waals surface area contributed by atoms with Gasteiger partial charge in [-0.1, -0.05) is 48.3 Å². The molecule has 0 fully saturated rings. The van der Waals surface area contributed by atoms with E-state index in [1.165, 1.54) is 0 Å². The van der Waals surface area contributed by atoms with Gasteiger partial charge in [0.2, 0.25) is 0 Å². The van der Waals surface area contributed by atoms with Gasteiger partial charge in [-0.15, -0.1) is 0 Å². The molecule has 0 aliphatic heterocycles. The topological polar surface area (TPSA) is 20.3 Å². The Kier molecular flexibility index (Phi) is 5.27. The molecule has 0 aliphatic rings. The maximum absolute atomic E-state index is 12.8. The van der Waals surface area contributed by atoms with Gasteiger partial charge in [0.1, 0.15) is 0 Å². The molecule has 0 aliphatic carbocycles. The second kappa shape index (κ2) is 6.97. The lowest BCUT2D eigenvalue weighted by molar-refractivity contribution is 0.0987. The first-order valence-corrected chi connectivity index (χ1v) is 7.62. The number of halogens is 2. The van der Waals surface area contributed by atoms with Gasteiger partial charge in [0.25, 0.3) is 5.91 Å². The first-order chi connectivity index (χ1) is 10.0. The van der Waals surface area contributed by atoms with E-state index in [-0.39, 0.29) is 5.91 Å². The van der Waals surface area contributed by atoms with Crippen LogP contribution in [0.1, 0.15) is 29.3 Å². The fraction of sp³-hybridized carbons (Fsp3) is 0.235. The minimum Gasteiger partial charge on any atom is -0.308 e. The molecule has 2 aromatic rings. The summed E-state index contributed by atoms with van der Waals surface area (Å²) in [6.45, 7) is 4.65. The molecule has 0 saturated heterocycles. The van der Waals surface area contributed by atoms with Crippen molar-refractivity contribution in [1.82, 2.24) is 0 Å². The van der Waals surface area contributed by atoms with Crippen molar-refractivity contribution in [2.75, 3.05) is 11.4 Å². The molecule has 2 aromatic carbocycles. The predicted molar refractivity (Wildman–Crippen MR) is 89.6 cm³/mol. The summed E-state index contributed by atoms with van der Waals surface area (Å²) in [5.74, 6) is -0.168. The lowest BCUT2D eigenvalue weighted by atomic mass is 10.1. The number of hydrogen-bond acceptors (Lipinski definition) is 1. The molecule has 0 unspecified atom stereocenters. The molecule has 0 aromatic heterocycles. The molecule has 0 bridgehead atoms. The summed E-state index contributed by atoms with van der Waals surface area (Å²) in [5.41, 5.74) is 2.32. The lowest BCUT2D eigenvalue weighted by Gasteiger charge is -2.23. The Hall–Kier alpha value is -1.51. The van der Waals surface area contributed by atoms with Gasteiger partial charge in [-0.2, -0.15) is 0 Å². The zero-order valence-corrected chi connectivity index (χ0v) is 13.6. The molecule has 0 saturated carbocycles. The second-order valence-electron chi connectivity index (χ2n) is 4.89. The van der Waals surface area contributed by atoms with Crippen molar-refractivity contribution in [2.45, 2.75) is 20.3 Å². The number of benzene rings is 2. The number of nitrogens with zero attached hydrogens (tertiary/aromatic N) is 1. The van der Waals surface area contributed by atoms with Crippen LogP contribution in [0.25, 0.3) is 0 Å². The number of amides is 1. The van der Waals surface area contributed by atoms with Gasteiger partial charge in [-0.05, 0) is 43.2 Å². The van der Waals surface area contributed by atoms with Crippen molar-refractivity contribution in [3.8, 4) is 0 Å². The summed E-state index contributed by atoms with van der Waals surface area (Å²) in [5, 5.41) is 0.752. The maximum atomic E-state index is 12.8. The highest BCUT2D eigenvalue weighted by molar-refractivity contribution is 6.40. The van der Waals surface area contributed by atoms with Crippen LogP contribution in [0.15, 0.2) is 42.5 Å². The molecular formula is C17H17Cl2NO. The van der Waals surface area contributed by atoms with Crippen LogP contribution in [-0.2, 0) is 0 Å². The molecule has 2 rings (SSSR count). The van der Waals surface area contributed by atoms with Crippen LogP contribution in [0.5, 0.6) is 0 Å². The minimum atomic E-state index is -0.168. The van der Waals surface area contributed by atoms with E-state index < -0.39 is 0 Å². The number of carbonyl (C=O) groups excluding carboxylic acids is 1. The highest BCUT2D eigenvalue weighted by Crippen LogP contribution is 2.28. The van der Waals surface area contributed by atoms with E-state index in [1.807, 2.05) is 38.1 Å². The van der Waals surface area contributed by atoms with E-state index in [9.17, 15) is 4.79 Å². The Morgan fingerprint density at radius 2 is 1.71 bits per heavy atom. The van der Waals surface area contributed by atoms with Gasteiger partial charge in [-0.25, -0.2) is 0 Å². The molecule has 0 N–H and O–H groups in total. The van der Waals surface area contributed by atoms with E-state index >= 15 is 0 Å². The highest BCUT2D eigenvalue weighted by Gasteiger charge is 2.22. The Morgan fingerprint density at radius 1 is 1.10 bits per heavy atom. The quantitative estimate of drug-likeness (QED) is 0.742. The molecule has 0 radical (unpaired) electrons. The Labute approximate surface area is 135 Å². The first-order valence-electron chi connectivity index (χ1n) is 6.87. The van der Waals surface area contributed by atoms with Crippen molar-refractivity contribution < 1.29 is 4.79 Å².